The molecule has 0 bridgehead atoms. The van der Waals surface area contributed by atoms with E-state index >= 15 is 0 Å². The lowest BCUT2D eigenvalue weighted by Crippen LogP contribution is -2.23. The van der Waals surface area contributed by atoms with E-state index in [1.807, 2.05) is 31.2 Å². The molecule has 1 aliphatic rings. The van der Waals surface area contributed by atoms with E-state index < -0.39 is 0 Å². The summed E-state index contributed by atoms with van der Waals surface area (Å²) in [5.41, 5.74) is 3.05. The van der Waals surface area contributed by atoms with Gasteiger partial charge in [0.1, 0.15) is 18.1 Å². The first kappa shape index (κ1) is 18.6. The van der Waals surface area contributed by atoms with Gasteiger partial charge < -0.3 is 14.8 Å². The van der Waals surface area contributed by atoms with Crippen molar-refractivity contribution in [1.82, 2.24) is 0 Å². The third kappa shape index (κ3) is 4.38. The Kier molecular flexibility index (Phi) is 5.16. The Balaban J connectivity index is 1.37. The van der Waals surface area contributed by atoms with Gasteiger partial charge >= 0.3 is 6.09 Å². The molecule has 1 N–H and O–H groups in total. The van der Waals surface area contributed by atoms with Crippen molar-refractivity contribution in [3.05, 3.63) is 83.9 Å². The van der Waals surface area contributed by atoms with Gasteiger partial charge in [-0.15, -0.1) is 0 Å². The number of carbonyl (C=O) groups excluding carboxylic acids is 2. The minimum absolute atomic E-state index is 0.229. The molecule has 1 saturated heterocycles. The molecule has 6 nitrogen and oxygen atoms in total. The predicted octanol–water partition coefficient (Wildman–Crippen LogP) is 5.00. The molecule has 0 aromatic heterocycles. The highest BCUT2D eigenvalue weighted by molar-refractivity contribution is 6.04. The number of hydrogen-bond donors (Lipinski definition) is 1. The van der Waals surface area contributed by atoms with Crippen LogP contribution in [0.5, 0.6) is 11.5 Å². The van der Waals surface area contributed by atoms with Crippen LogP contribution in [0, 0.1) is 6.92 Å². The summed E-state index contributed by atoms with van der Waals surface area (Å²) < 4.78 is 10.7. The number of benzene rings is 3. The number of nitrogens with zero attached hydrogens (tertiary/aromatic N) is 1. The van der Waals surface area contributed by atoms with Crippen molar-refractivity contribution in [3.8, 4) is 11.5 Å². The average Bonchev–Trinajstić information content (AvgIpc) is 3.17. The number of hydrogen-bond acceptors (Lipinski definition) is 4. The molecule has 0 radical (unpaired) electrons. The van der Waals surface area contributed by atoms with Crippen molar-refractivity contribution < 1.29 is 19.1 Å². The van der Waals surface area contributed by atoms with Crippen molar-refractivity contribution in [2.45, 2.75) is 6.92 Å². The van der Waals surface area contributed by atoms with Gasteiger partial charge in [0.15, 0.2) is 0 Å². The zero-order chi connectivity index (χ0) is 20.2. The van der Waals surface area contributed by atoms with E-state index in [4.69, 9.17) is 9.47 Å². The van der Waals surface area contributed by atoms with Crippen LogP contribution >= 0.6 is 0 Å². The van der Waals surface area contributed by atoms with Crippen molar-refractivity contribution in [2.24, 2.45) is 0 Å². The molecule has 29 heavy (non-hydrogen) atoms. The number of nitrogens with one attached hydrogen (secondary N) is 1. The summed E-state index contributed by atoms with van der Waals surface area (Å²) in [6.07, 6.45) is -0.366. The van der Waals surface area contributed by atoms with Crippen LogP contribution in [0.1, 0.15) is 15.9 Å². The normalized spacial score (nSPS) is 13.1. The van der Waals surface area contributed by atoms with E-state index in [1.54, 1.807) is 48.5 Å². The van der Waals surface area contributed by atoms with Crippen LogP contribution in [0.4, 0.5) is 16.2 Å². The molecule has 4 rings (SSSR count). The molecule has 0 spiro atoms. The third-order valence-electron chi connectivity index (χ3n) is 4.57. The van der Waals surface area contributed by atoms with Gasteiger partial charge in [0.25, 0.3) is 5.91 Å². The number of cyclic esters (lactones) is 1. The number of anilines is 2. The molecule has 6 heteroatoms. The topological polar surface area (TPSA) is 67.9 Å². The number of amides is 2. The Morgan fingerprint density at radius 2 is 1.55 bits per heavy atom. The fourth-order valence-corrected chi connectivity index (χ4v) is 2.97. The molecular formula is C23H20N2O4. The van der Waals surface area contributed by atoms with Crippen LogP contribution < -0.4 is 15.0 Å². The highest BCUT2D eigenvalue weighted by Crippen LogP contribution is 2.24. The lowest BCUT2D eigenvalue weighted by molar-refractivity contribution is 0.102. The molecule has 0 aliphatic carbocycles. The van der Waals surface area contributed by atoms with Crippen LogP contribution in [0.25, 0.3) is 0 Å². The summed E-state index contributed by atoms with van der Waals surface area (Å²) in [4.78, 5) is 25.6. The second kappa shape index (κ2) is 8.06. The van der Waals surface area contributed by atoms with E-state index in [2.05, 4.69) is 5.32 Å². The first-order chi connectivity index (χ1) is 14.1. The lowest BCUT2D eigenvalue weighted by atomic mass is 10.1. The van der Waals surface area contributed by atoms with E-state index in [0.717, 1.165) is 5.75 Å². The zero-order valence-corrected chi connectivity index (χ0v) is 15.9. The van der Waals surface area contributed by atoms with Gasteiger partial charge in [-0.1, -0.05) is 17.7 Å². The smallest absolute Gasteiger partial charge is 0.414 e. The maximum atomic E-state index is 12.5. The van der Waals surface area contributed by atoms with Gasteiger partial charge in [0.05, 0.1) is 6.54 Å². The standard InChI is InChI=1S/C23H20N2O4/c1-16-2-10-20(11-3-16)29-21-12-6-18(7-13-21)24-22(26)17-4-8-19(9-5-17)25-14-15-28-23(25)27/h2-13H,14-15H2,1H3,(H,24,26). The van der Waals surface area contributed by atoms with Crippen LogP contribution in [-0.2, 0) is 4.74 Å². The molecule has 146 valence electrons. The van der Waals surface area contributed by atoms with Crippen molar-refractivity contribution in [1.29, 1.82) is 0 Å². The molecule has 1 heterocycles. The number of aryl methyl sites for hydroxylation is 1. The second-order valence-electron chi connectivity index (χ2n) is 6.71. The summed E-state index contributed by atoms with van der Waals surface area (Å²) in [6.45, 7) is 2.92. The first-order valence-corrected chi connectivity index (χ1v) is 9.29. The largest absolute Gasteiger partial charge is 0.457 e. The Morgan fingerprint density at radius 3 is 2.14 bits per heavy atom. The van der Waals surface area contributed by atoms with E-state index in [1.165, 1.54) is 10.5 Å². The molecule has 2 amide bonds. The summed E-state index contributed by atoms with van der Waals surface area (Å²) in [5.74, 6) is 1.22. The van der Waals surface area contributed by atoms with Crippen molar-refractivity contribution >= 4 is 23.4 Å². The Hall–Kier alpha value is -3.80. The zero-order valence-electron chi connectivity index (χ0n) is 15.9. The van der Waals surface area contributed by atoms with Crippen molar-refractivity contribution in [3.63, 3.8) is 0 Å². The van der Waals surface area contributed by atoms with Gasteiger partial charge in [-0.25, -0.2) is 4.79 Å². The molecule has 0 unspecified atom stereocenters. The summed E-state index contributed by atoms with van der Waals surface area (Å²) >= 11 is 0. The minimum Gasteiger partial charge on any atom is -0.457 e. The van der Waals surface area contributed by atoms with Crippen LogP contribution in [0.15, 0.2) is 72.8 Å². The first-order valence-electron chi connectivity index (χ1n) is 9.29. The van der Waals surface area contributed by atoms with Gasteiger partial charge in [-0.2, -0.15) is 0 Å². The monoisotopic (exact) mass is 388 g/mol. The number of carbonyl (C=O) groups is 2. The second-order valence-corrected chi connectivity index (χ2v) is 6.71. The third-order valence-corrected chi connectivity index (χ3v) is 4.57. The van der Waals surface area contributed by atoms with Gasteiger partial charge in [0, 0.05) is 16.9 Å². The fourth-order valence-electron chi connectivity index (χ4n) is 2.97. The molecule has 3 aromatic rings. The molecule has 0 saturated carbocycles. The summed E-state index contributed by atoms with van der Waals surface area (Å²) in [6, 6.07) is 21.8. The molecule has 1 aliphatic heterocycles. The Morgan fingerprint density at radius 1 is 0.931 bits per heavy atom. The number of ether oxygens (including phenoxy) is 2. The summed E-state index contributed by atoms with van der Waals surface area (Å²) in [5, 5.41) is 2.85. The van der Waals surface area contributed by atoms with E-state index in [0.29, 0.717) is 35.8 Å². The van der Waals surface area contributed by atoms with Crippen LogP contribution in [0.3, 0.4) is 0 Å². The van der Waals surface area contributed by atoms with Gasteiger partial charge in [-0.05, 0) is 67.6 Å². The molecular weight excluding hydrogens is 368 g/mol. The maximum absolute atomic E-state index is 12.5. The Labute approximate surface area is 168 Å². The fraction of sp³-hybridized carbons (Fsp3) is 0.130. The van der Waals surface area contributed by atoms with E-state index in [9.17, 15) is 9.59 Å². The highest BCUT2D eigenvalue weighted by atomic mass is 16.6. The molecule has 3 aromatic carbocycles. The minimum atomic E-state index is -0.366. The number of rotatable bonds is 5. The Bertz CT molecular complexity index is 1010. The molecule has 1 fully saturated rings. The molecule has 0 atom stereocenters. The van der Waals surface area contributed by atoms with Gasteiger partial charge in [0.2, 0.25) is 0 Å². The van der Waals surface area contributed by atoms with Crippen LogP contribution in [-0.4, -0.2) is 25.2 Å². The average molecular weight is 388 g/mol. The highest BCUT2D eigenvalue weighted by Gasteiger charge is 2.23. The van der Waals surface area contributed by atoms with Crippen molar-refractivity contribution in [2.75, 3.05) is 23.4 Å². The lowest BCUT2D eigenvalue weighted by Gasteiger charge is -2.13. The summed E-state index contributed by atoms with van der Waals surface area (Å²) in [7, 11) is 0. The van der Waals surface area contributed by atoms with Crippen LogP contribution in [0.2, 0.25) is 0 Å². The quantitative estimate of drug-likeness (QED) is 0.668. The van der Waals surface area contributed by atoms with Gasteiger partial charge in [-0.3, -0.25) is 9.69 Å². The maximum Gasteiger partial charge on any atom is 0.414 e. The van der Waals surface area contributed by atoms with E-state index in [-0.39, 0.29) is 12.0 Å². The predicted molar refractivity (Wildman–Crippen MR) is 111 cm³/mol. The SMILES string of the molecule is Cc1ccc(Oc2ccc(NC(=O)c3ccc(N4CCOC4=O)cc3)cc2)cc1.